The molecule has 0 saturated heterocycles. The first-order valence-corrected chi connectivity index (χ1v) is 12.6. The fraction of sp³-hybridized carbons (Fsp3) is 0.214. The molecule has 7 nitrogen and oxygen atoms in total. The number of para-hydroxylation sites is 1. The number of benzene rings is 2. The van der Waals surface area contributed by atoms with Crippen LogP contribution >= 0.6 is 11.3 Å². The Bertz CT molecular complexity index is 1660. The lowest BCUT2D eigenvalue weighted by molar-refractivity contribution is -0.139. The Morgan fingerprint density at radius 1 is 1.06 bits per heavy atom. The molecule has 8 heteroatoms. The van der Waals surface area contributed by atoms with Crippen molar-refractivity contribution in [3.8, 4) is 5.69 Å². The molecule has 0 N–H and O–H groups in total. The van der Waals surface area contributed by atoms with Crippen molar-refractivity contribution in [3.05, 3.63) is 114 Å². The zero-order valence-electron chi connectivity index (χ0n) is 20.6. The van der Waals surface area contributed by atoms with Crippen LogP contribution in [0.2, 0.25) is 0 Å². The standard InChI is InChI=1S/C28H26N4O3S/c1-5-35-27(34)24-18(3)29-28-31(25(24)20-12-8-6-9-13-20)26(33)23(36-28)16-22-17(2)30-32(19(22)4)21-14-10-7-11-15-21/h6-16,25H,5H2,1-4H3/b23-16+/t25-/m0/s1. The average molecular weight is 499 g/mol. The maximum absolute atomic E-state index is 13.8. The van der Waals surface area contributed by atoms with E-state index in [-0.39, 0.29) is 12.2 Å². The Labute approximate surface area is 212 Å². The number of hydrogen-bond acceptors (Lipinski definition) is 6. The quantitative estimate of drug-likeness (QED) is 0.394. The molecule has 3 heterocycles. The lowest BCUT2D eigenvalue weighted by atomic mass is 9.96. The maximum Gasteiger partial charge on any atom is 0.338 e. The molecule has 5 rings (SSSR count). The smallest absolute Gasteiger partial charge is 0.338 e. The van der Waals surface area contributed by atoms with Crippen LogP contribution in [0.4, 0.5) is 0 Å². The minimum absolute atomic E-state index is 0.201. The number of nitrogens with zero attached hydrogens (tertiary/aromatic N) is 4. The zero-order valence-corrected chi connectivity index (χ0v) is 21.4. The molecule has 1 aliphatic heterocycles. The molecule has 0 bridgehead atoms. The van der Waals surface area contributed by atoms with E-state index in [9.17, 15) is 9.59 Å². The van der Waals surface area contributed by atoms with Crippen molar-refractivity contribution < 1.29 is 9.53 Å². The average Bonchev–Trinajstić information content (AvgIpc) is 3.34. The Hall–Kier alpha value is -4.04. The van der Waals surface area contributed by atoms with E-state index in [1.165, 1.54) is 11.3 Å². The van der Waals surface area contributed by atoms with Gasteiger partial charge in [0.05, 0.1) is 39.8 Å². The van der Waals surface area contributed by atoms with E-state index in [4.69, 9.17) is 9.84 Å². The maximum atomic E-state index is 13.8. The van der Waals surface area contributed by atoms with E-state index >= 15 is 0 Å². The van der Waals surface area contributed by atoms with Gasteiger partial charge in [-0.1, -0.05) is 59.9 Å². The molecule has 1 aliphatic rings. The summed E-state index contributed by atoms with van der Waals surface area (Å²) in [5.74, 6) is -0.460. The molecule has 0 radical (unpaired) electrons. The highest BCUT2D eigenvalue weighted by Gasteiger charge is 2.33. The Kier molecular flexibility index (Phi) is 6.28. The summed E-state index contributed by atoms with van der Waals surface area (Å²) in [6.07, 6.45) is 1.88. The van der Waals surface area contributed by atoms with Gasteiger partial charge in [0.2, 0.25) is 0 Å². The van der Waals surface area contributed by atoms with Gasteiger partial charge in [0.1, 0.15) is 0 Å². The summed E-state index contributed by atoms with van der Waals surface area (Å²) in [5.41, 5.74) is 5.17. The van der Waals surface area contributed by atoms with Crippen molar-refractivity contribution in [1.29, 1.82) is 0 Å². The summed E-state index contributed by atoms with van der Waals surface area (Å²) in [4.78, 5) is 32.0. The van der Waals surface area contributed by atoms with Gasteiger partial charge in [-0.05, 0) is 51.5 Å². The SMILES string of the molecule is CCOC(=O)C1=C(C)N=c2s/c(=C/c3c(C)nn(-c4ccccc4)c3C)c(=O)n2[C@H]1c1ccccc1. The predicted molar refractivity (Wildman–Crippen MR) is 140 cm³/mol. The van der Waals surface area contributed by atoms with Gasteiger partial charge in [-0.25, -0.2) is 14.5 Å². The van der Waals surface area contributed by atoms with Crippen LogP contribution in [0.1, 0.15) is 42.4 Å². The summed E-state index contributed by atoms with van der Waals surface area (Å²) in [7, 11) is 0. The van der Waals surface area contributed by atoms with E-state index in [1.54, 1.807) is 18.4 Å². The van der Waals surface area contributed by atoms with E-state index in [0.717, 1.165) is 28.2 Å². The predicted octanol–water partition coefficient (Wildman–Crippen LogP) is 3.60. The molecule has 2 aromatic carbocycles. The highest BCUT2D eigenvalue weighted by Crippen LogP contribution is 2.30. The second-order valence-corrected chi connectivity index (χ2v) is 9.55. The molecule has 182 valence electrons. The van der Waals surface area contributed by atoms with Gasteiger partial charge in [-0.3, -0.25) is 9.36 Å². The van der Waals surface area contributed by atoms with Gasteiger partial charge in [0.15, 0.2) is 4.80 Å². The number of thiazole rings is 1. The summed E-state index contributed by atoms with van der Waals surface area (Å²) in [6, 6.07) is 18.8. The van der Waals surface area contributed by atoms with Gasteiger partial charge in [-0.15, -0.1) is 0 Å². The summed E-state index contributed by atoms with van der Waals surface area (Å²) in [5, 5.41) is 4.71. The van der Waals surface area contributed by atoms with Gasteiger partial charge in [0.25, 0.3) is 5.56 Å². The number of fused-ring (bicyclic) bond motifs is 1. The van der Waals surface area contributed by atoms with Crippen molar-refractivity contribution in [2.24, 2.45) is 4.99 Å². The van der Waals surface area contributed by atoms with Crippen LogP contribution in [-0.4, -0.2) is 26.9 Å². The molecule has 4 aromatic rings. The summed E-state index contributed by atoms with van der Waals surface area (Å²) < 4.78 is 9.37. The van der Waals surface area contributed by atoms with Crippen LogP contribution in [0.3, 0.4) is 0 Å². The first-order valence-electron chi connectivity index (χ1n) is 11.8. The van der Waals surface area contributed by atoms with E-state index in [2.05, 4.69) is 4.99 Å². The van der Waals surface area contributed by atoms with Crippen LogP contribution in [0, 0.1) is 13.8 Å². The number of carbonyl (C=O) groups excluding carboxylic acids is 1. The number of ether oxygens (including phenoxy) is 1. The topological polar surface area (TPSA) is 78.5 Å². The number of rotatable bonds is 5. The number of allylic oxidation sites excluding steroid dienone is 1. The Morgan fingerprint density at radius 3 is 2.39 bits per heavy atom. The molecule has 0 unspecified atom stereocenters. The number of carbonyl (C=O) groups is 1. The molecule has 0 spiro atoms. The number of hydrogen-bond donors (Lipinski definition) is 0. The molecule has 0 aliphatic carbocycles. The van der Waals surface area contributed by atoms with E-state index in [0.29, 0.717) is 20.6 Å². The highest BCUT2D eigenvalue weighted by atomic mass is 32.1. The van der Waals surface area contributed by atoms with E-state index < -0.39 is 12.0 Å². The molecule has 36 heavy (non-hydrogen) atoms. The third-order valence-corrected chi connectivity index (χ3v) is 7.24. The Morgan fingerprint density at radius 2 is 1.72 bits per heavy atom. The molecule has 0 amide bonds. The fourth-order valence-electron chi connectivity index (χ4n) is 4.56. The molecule has 0 fully saturated rings. The third-order valence-electron chi connectivity index (χ3n) is 6.26. The number of esters is 1. The number of aryl methyl sites for hydroxylation is 1. The minimum atomic E-state index is -0.613. The fourth-order valence-corrected chi connectivity index (χ4v) is 5.59. The largest absolute Gasteiger partial charge is 0.463 e. The molecular formula is C28H26N4O3S. The van der Waals surface area contributed by atoms with Crippen molar-refractivity contribution in [2.45, 2.75) is 33.7 Å². The second kappa shape index (κ2) is 9.54. The zero-order chi connectivity index (χ0) is 25.4. The minimum Gasteiger partial charge on any atom is -0.463 e. The van der Waals surface area contributed by atoms with Crippen LogP contribution in [0.25, 0.3) is 11.8 Å². The first kappa shape index (κ1) is 23.7. The third kappa shape index (κ3) is 4.03. The molecular weight excluding hydrogens is 472 g/mol. The van der Waals surface area contributed by atoms with Crippen LogP contribution < -0.4 is 14.9 Å². The monoisotopic (exact) mass is 498 g/mol. The van der Waals surface area contributed by atoms with Crippen molar-refractivity contribution in [2.75, 3.05) is 6.61 Å². The van der Waals surface area contributed by atoms with Gasteiger partial charge in [0, 0.05) is 11.3 Å². The first-order chi connectivity index (χ1) is 17.4. The summed E-state index contributed by atoms with van der Waals surface area (Å²) in [6.45, 7) is 7.72. The second-order valence-electron chi connectivity index (χ2n) is 8.54. The van der Waals surface area contributed by atoms with Gasteiger partial charge in [-0.2, -0.15) is 5.10 Å². The van der Waals surface area contributed by atoms with Gasteiger partial charge < -0.3 is 4.74 Å². The van der Waals surface area contributed by atoms with Crippen molar-refractivity contribution in [3.63, 3.8) is 0 Å². The van der Waals surface area contributed by atoms with Gasteiger partial charge >= 0.3 is 5.97 Å². The lowest BCUT2D eigenvalue weighted by Crippen LogP contribution is -2.39. The van der Waals surface area contributed by atoms with Crippen LogP contribution in [0.5, 0.6) is 0 Å². The Balaban J connectivity index is 1.70. The molecule has 0 saturated carbocycles. The van der Waals surface area contributed by atoms with Crippen LogP contribution in [-0.2, 0) is 9.53 Å². The summed E-state index contributed by atoms with van der Waals surface area (Å²) >= 11 is 1.31. The van der Waals surface area contributed by atoms with E-state index in [1.807, 2.05) is 85.3 Å². The number of aromatic nitrogens is 3. The van der Waals surface area contributed by atoms with Crippen LogP contribution in [0.15, 0.2) is 81.7 Å². The molecule has 1 atom stereocenters. The lowest BCUT2D eigenvalue weighted by Gasteiger charge is -2.24. The molecule has 2 aromatic heterocycles. The normalized spacial score (nSPS) is 15.6. The van der Waals surface area contributed by atoms with Crippen molar-refractivity contribution in [1.82, 2.24) is 14.3 Å². The highest BCUT2D eigenvalue weighted by molar-refractivity contribution is 7.07. The van der Waals surface area contributed by atoms with Crippen molar-refractivity contribution >= 4 is 23.4 Å².